The number of aromatic nitrogens is 1. The average molecular weight is 429 g/mol. The third-order valence-corrected chi connectivity index (χ3v) is 6.18. The number of halogens is 3. The molecule has 11 heteroatoms. The van der Waals surface area contributed by atoms with E-state index in [4.69, 9.17) is 10.5 Å². The highest BCUT2D eigenvalue weighted by Crippen LogP contribution is 2.34. The fourth-order valence-corrected chi connectivity index (χ4v) is 4.52. The number of hydrogen-bond acceptors (Lipinski definition) is 6. The molecule has 0 unspecified atom stereocenters. The Hall–Kier alpha value is -2.63. The normalized spacial score (nSPS) is 11.6. The molecule has 0 spiro atoms. The quantitative estimate of drug-likeness (QED) is 0.605. The molecule has 148 valence electrons. The van der Waals surface area contributed by atoms with Crippen molar-refractivity contribution in [1.82, 2.24) is 4.98 Å². The summed E-state index contributed by atoms with van der Waals surface area (Å²) in [5.41, 5.74) is 5.38. The van der Waals surface area contributed by atoms with Crippen molar-refractivity contribution in [3.63, 3.8) is 0 Å². The van der Waals surface area contributed by atoms with Gasteiger partial charge >= 0.3 is 0 Å². The molecule has 0 amide bonds. The number of anilines is 2. The van der Waals surface area contributed by atoms with Crippen LogP contribution in [0.4, 0.5) is 24.0 Å². The lowest BCUT2D eigenvalue weighted by atomic mass is 10.1. The molecule has 2 N–H and O–H groups in total. The van der Waals surface area contributed by atoms with Gasteiger partial charge in [0.25, 0.3) is 10.0 Å². The number of nitrogens with zero attached hydrogens (tertiary/aromatic N) is 2. The van der Waals surface area contributed by atoms with E-state index in [1.807, 2.05) is 0 Å². The van der Waals surface area contributed by atoms with E-state index in [2.05, 4.69) is 4.98 Å². The largest absolute Gasteiger partial charge is 0.375 e. The van der Waals surface area contributed by atoms with Crippen LogP contribution in [0.5, 0.6) is 0 Å². The van der Waals surface area contributed by atoms with Crippen LogP contribution in [0.15, 0.2) is 46.7 Å². The Morgan fingerprint density at radius 2 is 1.96 bits per heavy atom. The molecule has 3 rings (SSSR count). The van der Waals surface area contributed by atoms with Gasteiger partial charge in [-0.3, -0.25) is 0 Å². The maximum absolute atomic E-state index is 15.2. The molecule has 2 aromatic carbocycles. The molecule has 0 atom stereocenters. The van der Waals surface area contributed by atoms with Crippen molar-refractivity contribution < 1.29 is 26.3 Å². The number of nitrogen functional groups attached to an aromatic ring is 1. The zero-order valence-corrected chi connectivity index (χ0v) is 16.0. The summed E-state index contributed by atoms with van der Waals surface area (Å²) in [7, 11) is -3.49. The molecule has 3 aromatic rings. The highest BCUT2D eigenvalue weighted by molar-refractivity contribution is 7.92. The predicted molar refractivity (Wildman–Crippen MR) is 99.8 cm³/mol. The van der Waals surface area contributed by atoms with Gasteiger partial charge < -0.3 is 10.5 Å². The van der Waals surface area contributed by atoms with Gasteiger partial charge in [0.1, 0.15) is 23.3 Å². The molecule has 6 nitrogen and oxygen atoms in total. The third kappa shape index (κ3) is 3.68. The zero-order chi connectivity index (χ0) is 20.5. The van der Waals surface area contributed by atoms with Crippen LogP contribution in [0, 0.1) is 17.5 Å². The Morgan fingerprint density at radius 3 is 2.61 bits per heavy atom. The van der Waals surface area contributed by atoms with Crippen molar-refractivity contribution in [3.05, 3.63) is 59.2 Å². The number of hydrogen-bond donors (Lipinski definition) is 1. The summed E-state index contributed by atoms with van der Waals surface area (Å²) in [6, 6.07) is 5.97. The van der Waals surface area contributed by atoms with Crippen molar-refractivity contribution >= 4 is 32.2 Å². The van der Waals surface area contributed by atoms with E-state index in [0.717, 1.165) is 17.4 Å². The van der Waals surface area contributed by atoms with Crippen LogP contribution in [-0.4, -0.2) is 27.2 Å². The Kier molecular flexibility index (Phi) is 5.59. The van der Waals surface area contributed by atoms with Crippen LogP contribution in [0.1, 0.15) is 0 Å². The SMILES string of the molecule is COCN(c1cccc(-c2csc(N)n2)c1F)S(=O)(=O)c1cc(F)ccc1F. The predicted octanol–water partition coefficient (Wildman–Crippen LogP) is 3.61. The molecule has 1 heterocycles. The number of ether oxygens (including phenoxy) is 1. The van der Waals surface area contributed by atoms with Gasteiger partial charge in [0.15, 0.2) is 10.9 Å². The molecule has 0 saturated heterocycles. The molecule has 0 fully saturated rings. The minimum Gasteiger partial charge on any atom is -0.375 e. The van der Waals surface area contributed by atoms with Crippen LogP contribution < -0.4 is 10.0 Å². The summed E-state index contributed by atoms with van der Waals surface area (Å²) >= 11 is 1.09. The lowest BCUT2D eigenvalue weighted by Gasteiger charge is -2.24. The summed E-state index contributed by atoms with van der Waals surface area (Å²) in [5, 5.41) is 1.72. The molecule has 0 saturated carbocycles. The van der Waals surface area contributed by atoms with E-state index in [1.54, 1.807) is 0 Å². The van der Waals surface area contributed by atoms with Gasteiger partial charge in [0.2, 0.25) is 0 Å². The van der Waals surface area contributed by atoms with Gasteiger partial charge in [-0.2, -0.15) is 0 Å². The summed E-state index contributed by atoms with van der Waals surface area (Å²) in [6.45, 7) is -0.627. The number of methoxy groups -OCH3 is 1. The first-order valence-corrected chi connectivity index (χ1v) is 10.0. The second-order valence-electron chi connectivity index (χ2n) is 5.56. The lowest BCUT2D eigenvalue weighted by molar-refractivity contribution is 0.209. The highest BCUT2D eigenvalue weighted by atomic mass is 32.2. The Morgan fingerprint density at radius 1 is 1.21 bits per heavy atom. The fourth-order valence-electron chi connectivity index (χ4n) is 2.50. The minimum atomic E-state index is -4.67. The first-order chi connectivity index (χ1) is 13.3. The second-order valence-corrected chi connectivity index (χ2v) is 8.28. The van der Waals surface area contributed by atoms with Crippen LogP contribution in [0.25, 0.3) is 11.3 Å². The maximum atomic E-state index is 15.2. The summed E-state index contributed by atoms with van der Waals surface area (Å²) in [5.74, 6) is -3.05. The van der Waals surface area contributed by atoms with Crippen molar-refractivity contribution in [3.8, 4) is 11.3 Å². The molecule has 0 aliphatic carbocycles. The molecular weight excluding hydrogens is 415 g/mol. The van der Waals surface area contributed by atoms with Gasteiger partial charge in [-0.1, -0.05) is 6.07 Å². The van der Waals surface area contributed by atoms with E-state index in [9.17, 15) is 17.2 Å². The number of thiazole rings is 1. The molecule has 0 aliphatic heterocycles. The van der Waals surface area contributed by atoms with Crippen LogP contribution in [0.3, 0.4) is 0 Å². The molecular formula is C17H14F3N3O3S2. The van der Waals surface area contributed by atoms with Gasteiger partial charge in [-0.25, -0.2) is 30.9 Å². The monoisotopic (exact) mass is 429 g/mol. The number of nitrogens with two attached hydrogens (primary N) is 1. The lowest BCUT2D eigenvalue weighted by Crippen LogP contribution is -2.34. The zero-order valence-electron chi connectivity index (χ0n) is 14.4. The standard InChI is InChI=1S/C17H14F3N3O3S2/c1-26-9-23(28(24,25)15-7-10(18)5-6-12(15)19)14-4-2-3-11(16(14)20)13-8-27-17(21)22-13/h2-8H,9H2,1H3,(H2,21,22). The van der Waals surface area contributed by atoms with Crippen LogP contribution in [-0.2, 0) is 14.8 Å². The van der Waals surface area contributed by atoms with E-state index in [-0.39, 0.29) is 16.4 Å². The van der Waals surface area contributed by atoms with Gasteiger partial charge in [0.05, 0.1) is 11.4 Å². The number of benzene rings is 2. The first kappa shape index (κ1) is 20.1. The summed E-state index contributed by atoms with van der Waals surface area (Å²) < 4.78 is 74.0. The van der Waals surface area contributed by atoms with Crippen LogP contribution in [0.2, 0.25) is 0 Å². The highest BCUT2D eigenvalue weighted by Gasteiger charge is 2.31. The average Bonchev–Trinajstić information content (AvgIpc) is 3.08. The van der Waals surface area contributed by atoms with E-state index in [0.29, 0.717) is 16.4 Å². The Labute approximate surface area is 163 Å². The Bertz CT molecular complexity index is 1120. The molecule has 0 radical (unpaired) electrons. The van der Waals surface area contributed by atoms with E-state index >= 15 is 4.39 Å². The smallest absolute Gasteiger partial charge is 0.269 e. The van der Waals surface area contributed by atoms with Crippen molar-refractivity contribution in [2.24, 2.45) is 0 Å². The van der Waals surface area contributed by atoms with E-state index in [1.165, 1.54) is 30.7 Å². The minimum absolute atomic E-state index is 0.00136. The molecule has 0 aliphatic rings. The number of sulfonamides is 1. The van der Waals surface area contributed by atoms with Crippen LogP contribution >= 0.6 is 11.3 Å². The summed E-state index contributed by atoms with van der Waals surface area (Å²) in [4.78, 5) is 3.04. The van der Waals surface area contributed by atoms with Crippen molar-refractivity contribution in [2.75, 3.05) is 23.9 Å². The van der Waals surface area contributed by atoms with Crippen molar-refractivity contribution in [2.45, 2.75) is 4.90 Å². The second kappa shape index (κ2) is 7.78. The first-order valence-electron chi connectivity index (χ1n) is 7.72. The topological polar surface area (TPSA) is 85.5 Å². The maximum Gasteiger partial charge on any atom is 0.269 e. The van der Waals surface area contributed by atoms with Gasteiger partial charge in [0, 0.05) is 18.1 Å². The third-order valence-electron chi connectivity index (χ3n) is 3.75. The Balaban J connectivity index is 2.17. The molecule has 28 heavy (non-hydrogen) atoms. The fraction of sp³-hybridized carbons (Fsp3) is 0.118. The van der Waals surface area contributed by atoms with Gasteiger partial charge in [-0.15, -0.1) is 11.3 Å². The van der Waals surface area contributed by atoms with Crippen molar-refractivity contribution in [1.29, 1.82) is 0 Å². The number of rotatable bonds is 6. The molecule has 0 bridgehead atoms. The molecule has 1 aromatic heterocycles. The summed E-state index contributed by atoms with van der Waals surface area (Å²) in [6.07, 6.45) is 0. The van der Waals surface area contributed by atoms with E-state index < -0.39 is 44.8 Å². The van der Waals surface area contributed by atoms with Gasteiger partial charge in [-0.05, 0) is 30.3 Å².